The summed E-state index contributed by atoms with van der Waals surface area (Å²) in [6.07, 6.45) is 1.78. The molecule has 0 spiro atoms. The van der Waals surface area contributed by atoms with Crippen molar-refractivity contribution >= 4 is 54.5 Å². The van der Waals surface area contributed by atoms with Crippen molar-refractivity contribution in [3.63, 3.8) is 0 Å². The molecule has 9 nitrogen and oxygen atoms in total. The topological polar surface area (TPSA) is 140 Å². The maximum atomic E-state index is 11.0. The van der Waals surface area contributed by atoms with E-state index in [4.69, 9.17) is 14.4 Å². The van der Waals surface area contributed by atoms with Crippen LogP contribution in [0, 0.1) is 0 Å². The molecule has 0 saturated carbocycles. The Hall–Kier alpha value is -2.90. The molecule has 0 atom stereocenters. The number of alkyl halides is 4. The van der Waals surface area contributed by atoms with Gasteiger partial charge in [-0.25, -0.2) is 13.2 Å². The van der Waals surface area contributed by atoms with Crippen molar-refractivity contribution in [2.45, 2.75) is 68.9 Å². The summed E-state index contributed by atoms with van der Waals surface area (Å²) in [6.45, 7) is 14.3. The van der Waals surface area contributed by atoms with Gasteiger partial charge in [-0.05, 0) is 41.8 Å². The molecule has 0 bridgehead atoms. The van der Waals surface area contributed by atoms with E-state index < -0.39 is 30.7 Å². The maximum absolute atomic E-state index is 11.0. The summed E-state index contributed by atoms with van der Waals surface area (Å²) in [6, 6.07) is 0. The summed E-state index contributed by atoms with van der Waals surface area (Å²) in [7, 11) is 3.86. The Bertz CT molecular complexity index is 529. The minimum atomic E-state index is -0.833. The van der Waals surface area contributed by atoms with Crippen LogP contribution in [0.15, 0.2) is 0 Å². The molecular formula is C24H48BF4NO8. The lowest BCUT2D eigenvalue weighted by Crippen LogP contribution is -2.07. The first-order chi connectivity index (χ1) is 17.3. The van der Waals surface area contributed by atoms with Crippen molar-refractivity contribution in [2.24, 2.45) is 0 Å². The third-order valence-corrected chi connectivity index (χ3v) is 1.28. The Morgan fingerprint density at radius 3 is 0.763 bits per heavy atom. The maximum Gasteiger partial charge on any atom is 0.195 e. The molecule has 14 heteroatoms. The minimum absolute atomic E-state index is 0.278. The van der Waals surface area contributed by atoms with Crippen LogP contribution in [-0.4, -0.2) is 101 Å². The second-order valence-electron chi connectivity index (χ2n) is 6.91. The Morgan fingerprint density at radius 2 is 0.763 bits per heavy atom. The van der Waals surface area contributed by atoms with Crippen molar-refractivity contribution in [2.75, 3.05) is 41.4 Å². The molecule has 0 N–H and O–H groups in total. The molecule has 38 heavy (non-hydrogen) atoms. The molecule has 0 saturated heterocycles. The van der Waals surface area contributed by atoms with Gasteiger partial charge >= 0.3 is 0 Å². The fourth-order valence-corrected chi connectivity index (χ4v) is 0. The largest absolute Gasteiger partial charge is 0.304 e. The summed E-state index contributed by atoms with van der Waals surface area (Å²) >= 11 is 0. The average molecular weight is 565 g/mol. The van der Waals surface area contributed by atoms with Crippen LogP contribution in [0.5, 0.6) is 0 Å². The van der Waals surface area contributed by atoms with Gasteiger partial charge in [-0.1, -0.05) is 20.5 Å². The molecule has 0 heterocycles. The Kier molecular flexibility index (Phi) is 101. The highest BCUT2D eigenvalue weighted by Gasteiger charge is 1.94. The zero-order valence-corrected chi connectivity index (χ0v) is 25.2. The minimum Gasteiger partial charge on any atom is -0.304 e. The number of Topliss-reactive ketones (excluding diaryl/α,β-unsaturated/α-hetero) is 5. The lowest BCUT2D eigenvalue weighted by atomic mass is 9.58. The molecule has 0 aliphatic rings. The number of aldehydes is 3. The van der Waals surface area contributed by atoms with E-state index in [9.17, 15) is 41.5 Å². The molecule has 0 fully saturated rings. The molecule has 0 aromatic heterocycles. The van der Waals surface area contributed by atoms with Crippen LogP contribution in [0.3, 0.4) is 0 Å². The Labute approximate surface area is 226 Å². The zero-order chi connectivity index (χ0) is 33.3. The van der Waals surface area contributed by atoms with Gasteiger partial charge in [0.2, 0.25) is 0 Å². The first kappa shape index (κ1) is 59.9. The van der Waals surface area contributed by atoms with Gasteiger partial charge in [0.25, 0.3) is 0 Å². The van der Waals surface area contributed by atoms with Crippen molar-refractivity contribution in [3.05, 3.63) is 0 Å². The zero-order valence-electron chi connectivity index (χ0n) is 25.2. The summed E-state index contributed by atoms with van der Waals surface area (Å²) in [4.78, 5) is 76.1. The van der Waals surface area contributed by atoms with Gasteiger partial charge < -0.3 is 9.59 Å². The summed E-state index contributed by atoms with van der Waals surface area (Å²) < 4.78 is 42.1. The lowest BCUT2D eigenvalue weighted by molar-refractivity contribution is -0.134. The van der Waals surface area contributed by atoms with Crippen molar-refractivity contribution in [3.8, 4) is 0 Å². The molecule has 0 rings (SSSR count). The van der Waals surface area contributed by atoms with Gasteiger partial charge in [0, 0.05) is 20.8 Å². The molecule has 0 radical (unpaired) electrons. The van der Waals surface area contributed by atoms with Crippen molar-refractivity contribution in [1.82, 2.24) is 4.90 Å². The van der Waals surface area contributed by atoms with E-state index in [2.05, 4.69) is 20.5 Å². The van der Waals surface area contributed by atoms with Crippen molar-refractivity contribution in [1.29, 1.82) is 0 Å². The first-order valence-electron chi connectivity index (χ1n) is 10.8. The van der Waals surface area contributed by atoms with E-state index in [1.54, 1.807) is 14.1 Å². The van der Waals surface area contributed by atoms with Crippen molar-refractivity contribution < 1.29 is 55.9 Å². The lowest BCUT2D eigenvalue weighted by Gasteiger charge is -1.96. The number of nitrogens with zero attached hydrogens (tertiary/aromatic N) is 1. The van der Waals surface area contributed by atoms with Crippen LogP contribution in [0.2, 0.25) is 20.5 Å². The molecule has 0 aromatic rings. The standard InChI is InChI=1S/C4H6O2.C3H9B.C3H8FN.2C3H5FO.C3H4O2.2C2H4O.CH3F/c1-3(5)4(2)6;1-4(2)3;1-5(2)3-4;3*1-3(5)2-4;2*1-2-3;1-2/h1-2H3;1-3H3;3H2,1-2H3;2*2H2,1H3;2H,1H3;2*2H,1H3;1H3. The Morgan fingerprint density at radius 1 is 0.658 bits per heavy atom. The predicted octanol–water partition coefficient (Wildman–Crippen LogP) is 3.87. The van der Waals surface area contributed by atoms with Crippen LogP contribution in [0.4, 0.5) is 17.6 Å². The highest BCUT2D eigenvalue weighted by Crippen LogP contribution is 1.69. The number of carbonyl (C=O) groups excluding carboxylic acids is 8. The predicted molar refractivity (Wildman–Crippen MR) is 145 cm³/mol. The van der Waals surface area contributed by atoms with Crippen LogP contribution < -0.4 is 0 Å². The van der Waals surface area contributed by atoms with Gasteiger partial charge in [0.15, 0.2) is 35.2 Å². The summed E-state index contributed by atoms with van der Waals surface area (Å²) in [5, 5.41) is 0. The van der Waals surface area contributed by atoms with E-state index in [1.165, 1.54) is 53.4 Å². The molecule has 0 amide bonds. The highest BCUT2D eigenvalue weighted by molar-refractivity contribution is 6.54. The monoisotopic (exact) mass is 565 g/mol. The van der Waals surface area contributed by atoms with Gasteiger partial charge in [-0.3, -0.25) is 38.1 Å². The second-order valence-corrected chi connectivity index (χ2v) is 6.91. The molecule has 0 aliphatic carbocycles. The van der Waals surface area contributed by atoms with E-state index in [0.29, 0.717) is 7.18 Å². The van der Waals surface area contributed by atoms with Gasteiger partial charge in [-0.15, -0.1) is 0 Å². The van der Waals surface area contributed by atoms with Crippen LogP contribution >= 0.6 is 0 Å². The molecular weight excluding hydrogens is 517 g/mol. The average Bonchev–Trinajstić information content (AvgIpc) is 2.82. The molecule has 228 valence electrons. The molecule has 0 aliphatic heterocycles. The number of rotatable bonds is 5. The fraction of sp³-hybridized carbons (Fsp3) is 0.667. The Balaban J connectivity index is -0.0000000361. The van der Waals surface area contributed by atoms with E-state index in [0.717, 1.165) is 19.3 Å². The third-order valence-electron chi connectivity index (χ3n) is 1.28. The number of ketones is 5. The number of carbonyl (C=O) groups is 8. The third kappa shape index (κ3) is 412. The smallest absolute Gasteiger partial charge is 0.195 e. The molecule has 0 unspecified atom stereocenters. The van der Waals surface area contributed by atoms with Crippen LogP contribution in [0.1, 0.15) is 48.5 Å². The van der Waals surface area contributed by atoms with E-state index in [-0.39, 0.29) is 24.7 Å². The van der Waals surface area contributed by atoms with E-state index >= 15 is 0 Å². The number of hydrogen-bond donors (Lipinski definition) is 0. The van der Waals surface area contributed by atoms with Gasteiger partial charge in [-0.2, -0.15) is 0 Å². The normalized spacial score (nSPS) is 6.89. The highest BCUT2D eigenvalue weighted by atomic mass is 19.1. The molecule has 0 aromatic carbocycles. The quantitative estimate of drug-likeness (QED) is 0.160. The van der Waals surface area contributed by atoms with Gasteiger partial charge in [0.1, 0.15) is 39.4 Å². The SMILES string of the molecule is CB(C)C.CC(=O)C(C)=O.CC(=O)C=O.CC(=O)CF.CC(=O)CF.CC=O.CC=O.CF.CN(C)CF. The van der Waals surface area contributed by atoms with Gasteiger partial charge in [0.05, 0.1) is 7.18 Å². The summed E-state index contributed by atoms with van der Waals surface area (Å²) in [5.41, 5.74) is 0. The number of hydrogen-bond acceptors (Lipinski definition) is 9. The van der Waals surface area contributed by atoms with Crippen LogP contribution in [0.25, 0.3) is 0 Å². The number of halogens is 4. The van der Waals surface area contributed by atoms with E-state index in [1.807, 2.05) is 0 Å². The first-order valence-corrected chi connectivity index (χ1v) is 10.8. The summed E-state index contributed by atoms with van der Waals surface area (Å²) in [5.74, 6) is -2.01. The fourth-order valence-electron chi connectivity index (χ4n) is 0. The van der Waals surface area contributed by atoms with Crippen LogP contribution in [-0.2, 0) is 38.4 Å². The second kappa shape index (κ2) is 64.3.